The van der Waals surface area contributed by atoms with Crippen molar-refractivity contribution < 1.29 is 0 Å². The molecule has 0 spiro atoms. The number of hydrogen-bond acceptors (Lipinski definition) is 1. The summed E-state index contributed by atoms with van der Waals surface area (Å²) in [6.45, 7) is 0. The van der Waals surface area contributed by atoms with Crippen LogP contribution in [0.2, 0.25) is 0 Å². The molecule has 0 saturated heterocycles. The summed E-state index contributed by atoms with van der Waals surface area (Å²) in [7, 11) is 0. The zero-order valence-electron chi connectivity index (χ0n) is 4.78. The quantitative estimate of drug-likeness (QED) is 0.505. The number of fused-ring (bicyclic) bond motifs is 1. The Balaban J connectivity index is 2.95. The fourth-order valence-electron chi connectivity index (χ4n) is 0.807. The van der Waals surface area contributed by atoms with Crippen molar-refractivity contribution >= 4 is 5.52 Å². The largest absolute Gasteiger partial charge is 0.240 e. The third-order valence-corrected chi connectivity index (χ3v) is 1.23. The van der Waals surface area contributed by atoms with Gasteiger partial charge in [0.25, 0.3) is 0 Å². The third-order valence-electron chi connectivity index (χ3n) is 1.23. The molecule has 2 rings (SSSR count). The van der Waals surface area contributed by atoms with Crippen LogP contribution in [-0.4, -0.2) is 9.61 Å². The van der Waals surface area contributed by atoms with Crippen LogP contribution in [0.4, 0.5) is 0 Å². The zero-order chi connectivity index (χ0) is 6.10. The number of pyridine rings is 1. The van der Waals surface area contributed by atoms with E-state index in [1.165, 1.54) is 0 Å². The van der Waals surface area contributed by atoms with Crippen molar-refractivity contribution in [3.05, 3.63) is 36.7 Å². The summed E-state index contributed by atoms with van der Waals surface area (Å²) in [5, 5.41) is 3.98. The monoisotopic (exact) mass is 117 g/mol. The first-order valence-electron chi connectivity index (χ1n) is 2.77. The molecule has 43 valence electrons. The summed E-state index contributed by atoms with van der Waals surface area (Å²) >= 11 is 0. The fourth-order valence-corrected chi connectivity index (χ4v) is 0.807. The summed E-state index contributed by atoms with van der Waals surface area (Å²) in [5.74, 6) is 0. The van der Waals surface area contributed by atoms with Crippen molar-refractivity contribution in [1.82, 2.24) is 9.61 Å². The molecule has 2 heterocycles. The van der Waals surface area contributed by atoms with Crippen molar-refractivity contribution in [1.29, 1.82) is 0 Å². The molecule has 1 radical (unpaired) electrons. The molecule has 0 aliphatic carbocycles. The van der Waals surface area contributed by atoms with Crippen LogP contribution in [-0.2, 0) is 0 Å². The predicted molar refractivity (Wildman–Crippen MR) is 34.0 cm³/mol. The Kier molecular flexibility index (Phi) is 0.803. The van der Waals surface area contributed by atoms with Crippen LogP contribution < -0.4 is 0 Å². The van der Waals surface area contributed by atoms with Gasteiger partial charge < -0.3 is 0 Å². The summed E-state index contributed by atoms with van der Waals surface area (Å²) in [6, 6.07) is 8.84. The molecule has 0 fully saturated rings. The van der Waals surface area contributed by atoms with E-state index in [0.29, 0.717) is 0 Å². The summed E-state index contributed by atoms with van der Waals surface area (Å²) in [6.07, 6.45) is 3.56. The van der Waals surface area contributed by atoms with Gasteiger partial charge in [0.1, 0.15) is 0 Å². The predicted octanol–water partition coefficient (Wildman–Crippen LogP) is 1.13. The number of rotatable bonds is 0. The molecule has 0 saturated carbocycles. The summed E-state index contributed by atoms with van der Waals surface area (Å²) in [5.41, 5.74) is 1.01. The summed E-state index contributed by atoms with van der Waals surface area (Å²) < 4.78 is 1.78. The molecule has 2 aromatic heterocycles. The first-order valence-corrected chi connectivity index (χ1v) is 2.77. The molecule has 2 aromatic rings. The second kappa shape index (κ2) is 1.58. The van der Waals surface area contributed by atoms with Gasteiger partial charge in [-0.3, -0.25) is 0 Å². The van der Waals surface area contributed by atoms with E-state index in [0.717, 1.165) is 5.52 Å². The van der Waals surface area contributed by atoms with Crippen LogP contribution in [0.15, 0.2) is 30.6 Å². The fraction of sp³-hybridized carbons (Fsp3) is 0. The molecule has 9 heavy (non-hydrogen) atoms. The van der Waals surface area contributed by atoms with E-state index in [2.05, 4.69) is 11.2 Å². The standard InChI is InChI=1S/C7H5N2/c1-2-6-9-7(3-1)4-5-8-9/h1-3,5-6H. The Labute approximate surface area is 52.7 Å². The van der Waals surface area contributed by atoms with E-state index in [-0.39, 0.29) is 0 Å². The van der Waals surface area contributed by atoms with Gasteiger partial charge in [-0.2, -0.15) is 5.10 Å². The van der Waals surface area contributed by atoms with Crippen LogP contribution in [0.25, 0.3) is 5.52 Å². The molecule has 2 heteroatoms. The molecule has 2 nitrogen and oxygen atoms in total. The third kappa shape index (κ3) is 0.598. The van der Waals surface area contributed by atoms with Gasteiger partial charge >= 0.3 is 0 Å². The lowest BCUT2D eigenvalue weighted by atomic mass is 10.4. The SMILES string of the molecule is [c]1cnn2ccccc12. The van der Waals surface area contributed by atoms with E-state index in [4.69, 9.17) is 0 Å². The van der Waals surface area contributed by atoms with Gasteiger partial charge in [-0.25, -0.2) is 4.52 Å². The lowest BCUT2D eigenvalue weighted by molar-refractivity contribution is 0.961. The van der Waals surface area contributed by atoms with E-state index in [1.54, 1.807) is 10.7 Å². The van der Waals surface area contributed by atoms with Crippen molar-refractivity contribution in [2.75, 3.05) is 0 Å². The normalized spacial score (nSPS) is 10.2. The van der Waals surface area contributed by atoms with Crippen molar-refractivity contribution in [2.45, 2.75) is 0 Å². The average Bonchev–Trinajstić information content (AvgIpc) is 2.33. The maximum absolute atomic E-state index is 3.98. The Morgan fingerprint density at radius 3 is 3.33 bits per heavy atom. The zero-order valence-corrected chi connectivity index (χ0v) is 4.78. The minimum absolute atomic E-state index is 1.01. The van der Waals surface area contributed by atoms with E-state index >= 15 is 0 Å². The lowest BCUT2D eigenvalue weighted by Gasteiger charge is -1.86. The second-order valence-corrected chi connectivity index (χ2v) is 1.82. The Morgan fingerprint density at radius 2 is 2.44 bits per heavy atom. The van der Waals surface area contributed by atoms with Crippen molar-refractivity contribution in [2.24, 2.45) is 0 Å². The summed E-state index contributed by atoms with van der Waals surface area (Å²) in [4.78, 5) is 0. The molecule has 0 aliphatic heterocycles. The highest BCUT2D eigenvalue weighted by Crippen LogP contribution is 1.97. The second-order valence-electron chi connectivity index (χ2n) is 1.82. The van der Waals surface area contributed by atoms with Crippen LogP contribution in [0.3, 0.4) is 0 Å². The van der Waals surface area contributed by atoms with Gasteiger partial charge in [0.05, 0.1) is 11.7 Å². The van der Waals surface area contributed by atoms with Gasteiger partial charge in [-0.15, -0.1) is 0 Å². The van der Waals surface area contributed by atoms with Crippen LogP contribution in [0.1, 0.15) is 0 Å². The Morgan fingerprint density at radius 1 is 1.44 bits per heavy atom. The number of hydrogen-bond donors (Lipinski definition) is 0. The molecule has 0 amide bonds. The Hall–Kier alpha value is -1.31. The lowest BCUT2D eigenvalue weighted by Crippen LogP contribution is -1.81. The van der Waals surface area contributed by atoms with Gasteiger partial charge in [0.15, 0.2) is 0 Å². The highest BCUT2D eigenvalue weighted by atomic mass is 15.2. The minimum Gasteiger partial charge on any atom is -0.240 e. The van der Waals surface area contributed by atoms with Crippen molar-refractivity contribution in [3.63, 3.8) is 0 Å². The smallest absolute Gasteiger partial charge is 0.0741 e. The average molecular weight is 117 g/mol. The first-order chi connectivity index (χ1) is 4.47. The van der Waals surface area contributed by atoms with Gasteiger partial charge in [-0.05, 0) is 12.1 Å². The molecule has 0 atom stereocenters. The molecule has 0 bridgehead atoms. The van der Waals surface area contributed by atoms with Crippen LogP contribution in [0.5, 0.6) is 0 Å². The minimum atomic E-state index is 1.01. The topological polar surface area (TPSA) is 17.3 Å². The molecule has 0 N–H and O–H groups in total. The highest BCUT2D eigenvalue weighted by molar-refractivity contribution is 5.42. The van der Waals surface area contributed by atoms with E-state index < -0.39 is 0 Å². The van der Waals surface area contributed by atoms with Crippen LogP contribution in [0, 0.1) is 6.07 Å². The molecule has 0 unspecified atom stereocenters. The first kappa shape index (κ1) is 4.56. The van der Waals surface area contributed by atoms with Crippen LogP contribution >= 0.6 is 0 Å². The molecular weight excluding hydrogens is 112 g/mol. The maximum Gasteiger partial charge on any atom is 0.0741 e. The molecular formula is C7H5N2. The molecule has 0 aromatic carbocycles. The van der Waals surface area contributed by atoms with Crippen molar-refractivity contribution in [3.8, 4) is 0 Å². The van der Waals surface area contributed by atoms with E-state index in [1.807, 2.05) is 24.4 Å². The van der Waals surface area contributed by atoms with Gasteiger partial charge in [0, 0.05) is 12.3 Å². The van der Waals surface area contributed by atoms with Gasteiger partial charge in [-0.1, -0.05) is 6.07 Å². The van der Waals surface area contributed by atoms with E-state index in [9.17, 15) is 0 Å². The number of aromatic nitrogens is 2. The maximum atomic E-state index is 3.98. The highest BCUT2D eigenvalue weighted by Gasteiger charge is 1.86. The number of nitrogens with zero attached hydrogens (tertiary/aromatic N) is 2. The van der Waals surface area contributed by atoms with Gasteiger partial charge in [0.2, 0.25) is 0 Å². The Bertz CT molecular complexity index is 281. The molecule has 0 aliphatic rings.